The number of aliphatic imine (C=N–C) groups is 1. The molecule has 1 saturated heterocycles. The first-order valence-corrected chi connectivity index (χ1v) is 9.23. The Morgan fingerprint density at radius 2 is 2.12 bits per heavy atom. The van der Waals surface area contributed by atoms with Gasteiger partial charge in [-0.25, -0.2) is 0 Å². The van der Waals surface area contributed by atoms with E-state index in [1.165, 1.54) is 11.1 Å². The quantitative estimate of drug-likeness (QED) is 0.431. The lowest BCUT2D eigenvalue weighted by molar-refractivity contribution is 0.0420. The summed E-state index contributed by atoms with van der Waals surface area (Å²) >= 11 is 0. The molecule has 1 fully saturated rings. The number of ether oxygens (including phenoxy) is 2. The zero-order chi connectivity index (χ0) is 18.1. The second-order valence-electron chi connectivity index (χ2n) is 7.26. The summed E-state index contributed by atoms with van der Waals surface area (Å²) in [5.74, 6) is 0.839. The van der Waals surface area contributed by atoms with Gasteiger partial charge in [0.25, 0.3) is 0 Å². The van der Waals surface area contributed by atoms with Gasteiger partial charge in [0.15, 0.2) is 5.96 Å². The van der Waals surface area contributed by atoms with E-state index in [2.05, 4.69) is 60.7 Å². The third kappa shape index (κ3) is 6.33. The predicted molar refractivity (Wildman–Crippen MR) is 103 cm³/mol. The third-order valence-electron chi connectivity index (χ3n) is 4.65. The van der Waals surface area contributed by atoms with E-state index in [0.29, 0.717) is 0 Å². The van der Waals surface area contributed by atoms with Gasteiger partial charge in [-0.2, -0.15) is 0 Å². The van der Waals surface area contributed by atoms with Crippen LogP contribution >= 0.6 is 0 Å². The molecule has 5 heteroatoms. The number of rotatable bonds is 8. The Hall–Kier alpha value is -1.59. The SMILES string of the molecule is CN=C(NCCCOC1CCOC1)NCC(C)(C)c1ccccc1C. The molecule has 1 aromatic carbocycles. The van der Waals surface area contributed by atoms with Crippen molar-refractivity contribution in [1.29, 1.82) is 0 Å². The minimum atomic E-state index is 0.0363. The smallest absolute Gasteiger partial charge is 0.191 e. The van der Waals surface area contributed by atoms with E-state index in [-0.39, 0.29) is 11.5 Å². The fourth-order valence-corrected chi connectivity index (χ4v) is 3.13. The predicted octanol–water partition coefficient (Wildman–Crippen LogP) is 2.63. The zero-order valence-electron chi connectivity index (χ0n) is 16.1. The summed E-state index contributed by atoms with van der Waals surface area (Å²) in [6, 6.07) is 8.56. The van der Waals surface area contributed by atoms with Crippen molar-refractivity contribution in [2.24, 2.45) is 4.99 Å². The van der Waals surface area contributed by atoms with Crippen molar-refractivity contribution in [3.63, 3.8) is 0 Å². The van der Waals surface area contributed by atoms with Gasteiger partial charge in [-0.3, -0.25) is 4.99 Å². The van der Waals surface area contributed by atoms with E-state index in [4.69, 9.17) is 9.47 Å². The van der Waals surface area contributed by atoms with E-state index in [0.717, 1.165) is 51.7 Å². The van der Waals surface area contributed by atoms with Crippen molar-refractivity contribution in [2.75, 3.05) is 40.0 Å². The normalized spacial score (nSPS) is 18.4. The standard InChI is InChI=1S/C20H33N3O2/c1-16-8-5-6-9-18(16)20(2,3)15-23-19(21-4)22-11-7-12-25-17-10-13-24-14-17/h5-6,8-9,17H,7,10-15H2,1-4H3,(H2,21,22,23). The van der Waals surface area contributed by atoms with Crippen molar-refractivity contribution in [1.82, 2.24) is 10.6 Å². The molecule has 0 saturated carbocycles. The van der Waals surface area contributed by atoms with Gasteiger partial charge in [0.2, 0.25) is 0 Å². The summed E-state index contributed by atoms with van der Waals surface area (Å²) in [7, 11) is 1.81. The van der Waals surface area contributed by atoms with Crippen LogP contribution < -0.4 is 10.6 Å². The average molecular weight is 348 g/mol. The van der Waals surface area contributed by atoms with Crippen molar-refractivity contribution < 1.29 is 9.47 Å². The van der Waals surface area contributed by atoms with Crippen LogP contribution in [-0.4, -0.2) is 52.0 Å². The monoisotopic (exact) mass is 347 g/mol. The van der Waals surface area contributed by atoms with Crippen LogP contribution in [0.15, 0.2) is 29.3 Å². The Kier molecular flexibility index (Phi) is 7.72. The van der Waals surface area contributed by atoms with Crippen LogP contribution in [0.25, 0.3) is 0 Å². The Morgan fingerprint density at radius 1 is 1.32 bits per heavy atom. The lowest BCUT2D eigenvalue weighted by Crippen LogP contribution is -2.44. The second kappa shape index (κ2) is 9.78. The molecule has 2 N–H and O–H groups in total. The van der Waals surface area contributed by atoms with Crippen LogP contribution in [-0.2, 0) is 14.9 Å². The van der Waals surface area contributed by atoms with Gasteiger partial charge in [0.1, 0.15) is 0 Å². The fraction of sp³-hybridized carbons (Fsp3) is 0.650. The highest BCUT2D eigenvalue weighted by atomic mass is 16.5. The van der Waals surface area contributed by atoms with E-state index >= 15 is 0 Å². The maximum atomic E-state index is 5.78. The Bertz CT molecular complexity index is 552. The van der Waals surface area contributed by atoms with Crippen LogP contribution in [0.3, 0.4) is 0 Å². The summed E-state index contributed by atoms with van der Waals surface area (Å²) in [4.78, 5) is 4.32. The lowest BCUT2D eigenvalue weighted by atomic mass is 9.82. The molecular weight excluding hydrogens is 314 g/mol. The van der Waals surface area contributed by atoms with Crippen LogP contribution in [0.4, 0.5) is 0 Å². The largest absolute Gasteiger partial charge is 0.379 e. The Labute approximate surface area is 152 Å². The number of guanidine groups is 1. The van der Waals surface area contributed by atoms with E-state index in [1.54, 1.807) is 0 Å². The number of nitrogens with one attached hydrogen (secondary N) is 2. The van der Waals surface area contributed by atoms with E-state index in [9.17, 15) is 0 Å². The second-order valence-corrected chi connectivity index (χ2v) is 7.26. The van der Waals surface area contributed by atoms with Gasteiger partial charge in [0, 0.05) is 38.8 Å². The van der Waals surface area contributed by atoms with Gasteiger partial charge in [-0.15, -0.1) is 0 Å². The summed E-state index contributed by atoms with van der Waals surface area (Å²) in [5.41, 5.74) is 2.73. The summed E-state index contributed by atoms with van der Waals surface area (Å²) in [5, 5.41) is 6.81. The topological polar surface area (TPSA) is 54.9 Å². The number of hydrogen-bond acceptors (Lipinski definition) is 3. The van der Waals surface area contributed by atoms with Crippen LogP contribution in [0.2, 0.25) is 0 Å². The van der Waals surface area contributed by atoms with Gasteiger partial charge in [-0.05, 0) is 30.9 Å². The van der Waals surface area contributed by atoms with E-state index < -0.39 is 0 Å². The first kappa shape index (κ1) is 19.7. The average Bonchev–Trinajstić information content (AvgIpc) is 3.11. The molecule has 1 unspecified atom stereocenters. The molecule has 1 aliphatic heterocycles. The maximum Gasteiger partial charge on any atom is 0.191 e. The Morgan fingerprint density at radius 3 is 2.80 bits per heavy atom. The van der Waals surface area contributed by atoms with Gasteiger partial charge < -0.3 is 20.1 Å². The molecule has 0 radical (unpaired) electrons. The molecule has 140 valence electrons. The number of benzene rings is 1. The molecule has 0 spiro atoms. The molecular formula is C20H33N3O2. The minimum absolute atomic E-state index is 0.0363. The van der Waals surface area contributed by atoms with Gasteiger partial charge >= 0.3 is 0 Å². The molecule has 1 heterocycles. The number of hydrogen-bond donors (Lipinski definition) is 2. The van der Waals surface area contributed by atoms with Crippen molar-refractivity contribution >= 4 is 5.96 Å². The summed E-state index contributed by atoms with van der Waals surface area (Å²) in [6.07, 6.45) is 2.26. The number of nitrogens with zero attached hydrogens (tertiary/aromatic N) is 1. The van der Waals surface area contributed by atoms with Crippen LogP contribution in [0, 0.1) is 6.92 Å². The highest BCUT2D eigenvalue weighted by Gasteiger charge is 2.22. The van der Waals surface area contributed by atoms with Gasteiger partial charge in [-0.1, -0.05) is 38.1 Å². The first-order valence-electron chi connectivity index (χ1n) is 9.23. The molecule has 0 aromatic heterocycles. The van der Waals surface area contributed by atoms with E-state index in [1.807, 2.05) is 7.05 Å². The lowest BCUT2D eigenvalue weighted by Gasteiger charge is -2.28. The summed E-state index contributed by atoms with van der Waals surface area (Å²) < 4.78 is 11.1. The Balaban J connectivity index is 1.69. The third-order valence-corrected chi connectivity index (χ3v) is 4.65. The molecule has 0 aliphatic carbocycles. The molecule has 25 heavy (non-hydrogen) atoms. The van der Waals surface area contributed by atoms with Crippen molar-refractivity contribution in [3.8, 4) is 0 Å². The molecule has 5 nitrogen and oxygen atoms in total. The minimum Gasteiger partial charge on any atom is -0.379 e. The van der Waals surface area contributed by atoms with Crippen LogP contribution in [0.5, 0.6) is 0 Å². The van der Waals surface area contributed by atoms with Gasteiger partial charge in [0.05, 0.1) is 12.7 Å². The molecule has 1 atom stereocenters. The number of aryl methyl sites for hydroxylation is 1. The first-order chi connectivity index (χ1) is 12.0. The molecule has 0 amide bonds. The molecule has 2 rings (SSSR count). The highest BCUT2D eigenvalue weighted by Crippen LogP contribution is 2.25. The van der Waals surface area contributed by atoms with Crippen molar-refractivity contribution in [2.45, 2.75) is 45.1 Å². The summed E-state index contributed by atoms with van der Waals surface area (Å²) in [6.45, 7) is 10.7. The zero-order valence-corrected chi connectivity index (χ0v) is 16.1. The highest BCUT2D eigenvalue weighted by molar-refractivity contribution is 5.79. The molecule has 0 bridgehead atoms. The molecule has 1 aromatic rings. The van der Waals surface area contributed by atoms with Crippen molar-refractivity contribution in [3.05, 3.63) is 35.4 Å². The molecule has 1 aliphatic rings. The fourth-order valence-electron chi connectivity index (χ4n) is 3.13. The van der Waals surface area contributed by atoms with Crippen LogP contribution in [0.1, 0.15) is 37.8 Å². The maximum absolute atomic E-state index is 5.78.